The molecule has 1 unspecified atom stereocenters. The lowest BCUT2D eigenvalue weighted by atomic mass is 10.1. The van der Waals surface area contributed by atoms with Gasteiger partial charge in [0.25, 0.3) is 0 Å². The summed E-state index contributed by atoms with van der Waals surface area (Å²) in [6, 6.07) is 2.47. The van der Waals surface area contributed by atoms with E-state index in [1.165, 1.54) is 19.4 Å². The normalized spacial score (nSPS) is 19.2. The van der Waals surface area contributed by atoms with Crippen LogP contribution < -0.4 is 10.5 Å². The second-order valence-corrected chi connectivity index (χ2v) is 5.55. The van der Waals surface area contributed by atoms with Gasteiger partial charge in [-0.1, -0.05) is 0 Å². The van der Waals surface area contributed by atoms with Crippen LogP contribution in [0.15, 0.2) is 6.07 Å². The number of nitrogen functional groups attached to an aromatic ring is 1. The van der Waals surface area contributed by atoms with E-state index in [2.05, 4.69) is 16.9 Å². The lowest BCUT2D eigenvalue weighted by molar-refractivity contribution is 0.233. The number of aromatic nitrogens is 1. The number of rotatable bonds is 5. The number of hydrogen-bond donors (Lipinski definition) is 2. The largest absolute Gasteiger partial charge is 0.493 e. The Morgan fingerprint density at radius 2 is 2.30 bits per heavy atom. The molecule has 110 valence electrons. The molecule has 1 fully saturated rings. The van der Waals surface area contributed by atoms with E-state index in [4.69, 9.17) is 15.9 Å². The van der Waals surface area contributed by atoms with Crippen LogP contribution in [-0.2, 0) is 0 Å². The molecule has 1 aromatic rings. The molecule has 1 atom stereocenters. The summed E-state index contributed by atoms with van der Waals surface area (Å²) in [4.78, 5) is 6.73. The van der Waals surface area contributed by atoms with Crippen molar-refractivity contribution in [2.75, 3.05) is 20.2 Å². The maximum Gasteiger partial charge on any atom is 0.133 e. The summed E-state index contributed by atoms with van der Waals surface area (Å²) < 4.78 is 5.88. The molecule has 1 aliphatic rings. The highest BCUT2D eigenvalue weighted by atomic mass is 16.5. The summed E-state index contributed by atoms with van der Waals surface area (Å²) in [5.41, 5.74) is 7.90. The van der Waals surface area contributed by atoms with Gasteiger partial charge in [0.2, 0.25) is 0 Å². The Balaban J connectivity index is 2.03. The van der Waals surface area contributed by atoms with Crippen molar-refractivity contribution in [1.82, 2.24) is 9.88 Å². The zero-order valence-corrected chi connectivity index (χ0v) is 12.6. The number of pyridine rings is 1. The highest BCUT2D eigenvalue weighted by molar-refractivity contribution is 5.98. The van der Waals surface area contributed by atoms with Crippen LogP contribution in [0.25, 0.3) is 0 Å². The predicted molar refractivity (Wildman–Crippen MR) is 80.5 cm³/mol. The molecule has 5 nitrogen and oxygen atoms in total. The van der Waals surface area contributed by atoms with Gasteiger partial charge in [-0.05, 0) is 46.7 Å². The van der Waals surface area contributed by atoms with Crippen LogP contribution in [0.3, 0.4) is 0 Å². The first kappa shape index (κ1) is 14.8. The second kappa shape index (κ2) is 6.22. The molecule has 0 saturated carbocycles. The lowest BCUT2D eigenvalue weighted by Crippen LogP contribution is -2.26. The first-order valence-corrected chi connectivity index (χ1v) is 7.14. The van der Waals surface area contributed by atoms with Gasteiger partial charge in [0.15, 0.2) is 0 Å². The molecule has 2 heterocycles. The zero-order valence-electron chi connectivity index (χ0n) is 12.6. The molecule has 2 rings (SSSR count). The smallest absolute Gasteiger partial charge is 0.133 e. The fourth-order valence-electron chi connectivity index (χ4n) is 2.88. The van der Waals surface area contributed by atoms with Gasteiger partial charge in [0.1, 0.15) is 11.6 Å². The third-order valence-corrected chi connectivity index (χ3v) is 3.94. The Labute approximate surface area is 120 Å². The third-order valence-electron chi connectivity index (χ3n) is 3.94. The lowest BCUT2D eigenvalue weighted by Gasteiger charge is -2.20. The zero-order chi connectivity index (χ0) is 14.7. The van der Waals surface area contributed by atoms with E-state index in [1.54, 1.807) is 0 Å². The van der Waals surface area contributed by atoms with Crippen molar-refractivity contribution in [3.8, 4) is 5.75 Å². The van der Waals surface area contributed by atoms with Gasteiger partial charge in [-0.3, -0.25) is 10.4 Å². The number of ether oxygens (including phenoxy) is 1. The minimum absolute atomic E-state index is 0.0167. The van der Waals surface area contributed by atoms with Crippen molar-refractivity contribution in [3.05, 3.63) is 23.0 Å². The van der Waals surface area contributed by atoms with Crippen molar-refractivity contribution in [2.45, 2.75) is 39.2 Å². The van der Waals surface area contributed by atoms with E-state index in [9.17, 15) is 0 Å². The summed E-state index contributed by atoms with van der Waals surface area (Å²) in [6.45, 7) is 5.62. The van der Waals surface area contributed by atoms with Gasteiger partial charge >= 0.3 is 0 Å². The fourth-order valence-corrected chi connectivity index (χ4v) is 2.88. The van der Waals surface area contributed by atoms with Gasteiger partial charge in [-0.25, -0.2) is 0 Å². The summed E-state index contributed by atoms with van der Waals surface area (Å²) in [7, 11) is 2.17. The number of hydrogen-bond acceptors (Lipinski definition) is 4. The summed E-state index contributed by atoms with van der Waals surface area (Å²) >= 11 is 0. The summed E-state index contributed by atoms with van der Waals surface area (Å²) in [5, 5.41) is 7.67. The van der Waals surface area contributed by atoms with E-state index in [1.807, 2.05) is 19.9 Å². The Hall–Kier alpha value is -1.62. The monoisotopic (exact) mass is 276 g/mol. The Bertz CT molecular complexity index is 501. The maximum absolute atomic E-state index is 7.67. The van der Waals surface area contributed by atoms with E-state index >= 15 is 0 Å². The molecule has 0 amide bonds. The van der Waals surface area contributed by atoms with Crippen LogP contribution in [0, 0.1) is 19.3 Å². The van der Waals surface area contributed by atoms with Gasteiger partial charge in [-0.15, -0.1) is 0 Å². The van der Waals surface area contributed by atoms with Crippen LogP contribution in [-0.4, -0.2) is 42.0 Å². The van der Waals surface area contributed by atoms with Crippen molar-refractivity contribution < 1.29 is 4.74 Å². The minimum Gasteiger partial charge on any atom is -0.493 e. The number of aryl methyl sites for hydroxylation is 2. The number of amidine groups is 1. The van der Waals surface area contributed by atoms with Gasteiger partial charge in [0, 0.05) is 17.8 Å². The number of nitrogens with two attached hydrogens (primary N) is 1. The van der Waals surface area contributed by atoms with Crippen LogP contribution in [0.2, 0.25) is 0 Å². The van der Waals surface area contributed by atoms with Crippen molar-refractivity contribution in [3.63, 3.8) is 0 Å². The second-order valence-electron chi connectivity index (χ2n) is 5.55. The number of nitrogens with one attached hydrogen (secondary N) is 1. The topological polar surface area (TPSA) is 75.2 Å². The molecule has 20 heavy (non-hydrogen) atoms. The van der Waals surface area contributed by atoms with Crippen molar-refractivity contribution >= 4 is 5.84 Å². The third kappa shape index (κ3) is 3.28. The molecular weight excluding hydrogens is 252 g/mol. The number of likely N-dealkylation sites (tertiary alicyclic amines) is 1. The number of nitrogens with zero attached hydrogens (tertiary/aromatic N) is 2. The highest BCUT2D eigenvalue weighted by Gasteiger charge is 2.21. The highest BCUT2D eigenvalue weighted by Crippen LogP contribution is 2.23. The van der Waals surface area contributed by atoms with Crippen molar-refractivity contribution in [2.24, 2.45) is 5.73 Å². The molecule has 0 radical (unpaired) electrons. The molecule has 0 bridgehead atoms. The first-order valence-electron chi connectivity index (χ1n) is 7.14. The van der Waals surface area contributed by atoms with E-state index in [0.29, 0.717) is 24.0 Å². The molecule has 1 aromatic heterocycles. The maximum atomic E-state index is 7.67. The molecule has 5 heteroatoms. The summed E-state index contributed by atoms with van der Waals surface area (Å²) in [6.07, 6.45) is 3.52. The average Bonchev–Trinajstić information content (AvgIpc) is 2.73. The molecular formula is C15H24N4O. The van der Waals surface area contributed by atoms with Gasteiger partial charge in [-0.2, -0.15) is 0 Å². The Morgan fingerprint density at radius 3 is 2.90 bits per heavy atom. The SMILES string of the molecule is Cc1cc(OCCC2CCCN2C)c(C(=N)N)c(C)n1. The van der Waals surface area contributed by atoms with E-state index in [0.717, 1.165) is 17.8 Å². The van der Waals surface area contributed by atoms with Crippen LogP contribution in [0.5, 0.6) is 5.75 Å². The summed E-state index contributed by atoms with van der Waals surface area (Å²) in [5.74, 6) is 0.700. The van der Waals surface area contributed by atoms with Crippen LogP contribution in [0.4, 0.5) is 0 Å². The van der Waals surface area contributed by atoms with E-state index in [-0.39, 0.29) is 5.84 Å². The Kier molecular flexibility index (Phi) is 4.60. The fraction of sp³-hybridized carbons (Fsp3) is 0.600. The minimum atomic E-state index is 0.0167. The quantitative estimate of drug-likeness (QED) is 0.635. The molecule has 0 aromatic carbocycles. The van der Waals surface area contributed by atoms with Gasteiger partial charge < -0.3 is 15.4 Å². The standard InChI is InChI=1S/C15H24N4O/c1-10-9-13(14(15(16)17)11(2)18-10)20-8-6-12-5-4-7-19(12)3/h9,12H,4-8H2,1-3H3,(H3,16,17). The molecule has 1 saturated heterocycles. The average molecular weight is 276 g/mol. The molecule has 3 N–H and O–H groups in total. The van der Waals surface area contributed by atoms with Crippen LogP contribution in [0.1, 0.15) is 36.2 Å². The van der Waals surface area contributed by atoms with Crippen molar-refractivity contribution in [1.29, 1.82) is 5.41 Å². The Morgan fingerprint density at radius 1 is 1.55 bits per heavy atom. The van der Waals surface area contributed by atoms with Gasteiger partial charge in [0.05, 0.1) is 17.9 Å². The molecule has 0 aliphatic carbocycles. The van der Waals surface area contributed by atoms with Crippen LogP contribution >= 0.6 is 0 Å². The van der Waals surface area contributed by atoms with E-state index < -0.39 is 0 Å². The first-order chi connectivity index (χ1) is 9.49. The molecule has 0 spiro atoms. The predicted octanol–water partition coefficient (Wildman–Crippen LogP) is 1.85. The molecule has 1 aliphatic heterocycles.